The molecule has 0 N–H and O–H groups in total. The molecule has 3 heteroatoms. The standard InChI is InChI=1S/C63H54N2O/c1-4-63(40-42(2)24-25-43(3)41-63)47-31-37-50(38-32-47)64(49-35-28-46(29-36-49)53-19-13-20-57-55-18-9-12-23-60(55)66-62(53)57)48-33-26-45(27-34-48)51-15-7-10-21-58(51)65-59-22-11-8-17-54(59)56-39-30-44-14-5-6-16-52(44)61(56)65/h5-23,26-39,42-43H,4,24-25,40-41H2,1-3H3/t42-,43-/m0/s1. The van der Waals surface area contributed by atoms with Crippen molar-refractivity contribution in [2.75, 3.05) is 4.90 Å². The van der Waals surface area contributed by atoms with Crippen molar-refractivity contribution in [3.05, 3.63) is 206 Å². The molecular formula is C63H54N2O. The van der Waals surface area contributed by atoms with Gasteiger partial charge in [0.25, 0.3) is 0 Å². The van der Waals surface area contributed by atoms with Crippen LogP contribution >= 0.6 is 0 Å². The summed E-state index contributed by atoms with van der Waals surface area (Å²) in [7, 11) is 0. The maximum atomic E-state index is 6.48. The van der Waals surface area contributed by atoms with Gasteiger partial charge in [-0.15, -0.1) is 0 Å². The molecule has 9 aromatic carbocycles. The van der Waals surface area contributed by atoms with Gasteiger partial charge in [0.15, 0.2) is 0 Å². The first-order valence-corrected chi connectivity index (χ1v) is 24.0. The van der Waals surface area contributed by atoms with E-state index in [1.165, 1.54) is 80.6 Å². The van der Waals surface area contributed by atoms with Gasteiger partial charge in [-0.2, -0.15) is 0 Å². The van der Waals surface area contributed by atoms with Gasteiger partial charge in [0, 0.05) is 55.1 Å². The van der Waals surface area contributed by atoms with Crippen molar-refractivity contribution in [1.29, 1.82) is 0 Å². The van der Waals surface area contributed by atoms with E-state index in [2.05, 4.69) is 224 Å². The lowest BCUT2D eigenvalue weighted by atomic mass is 9.69. The molecule has 0 saturated heterocycles. The van der Waals surface area contributed by atoms with E-state index in [0.29, 0.717) is 0 Å². The van der Waals surface area contributed by atoms with Crippen molar-refractivity contribution in [3.8, 4) is 27.9 Å². The molecule has 0 unspecified atom stereocenters. The predicted octanol–water partition coefficient (Wildman–Crippen LogP) is 18.1. The fourth-order valence-electron chi connectivity index (χ4n) is 11.8. The summed E-state index contributed by atoms with van der Waals surface area (Å²) in [4.78, 5) is 2.42. The first kappa shape index (κ1) is 40.2. The number of hydrogen-bond acceptors (Lipinski definition) is 2. The molecule has 0 aliphatic heterocycles. The number of aromatic nitrogens is 1. The van der Waals surface area contributed by atoms with Crippen LogP contribution in [0, 0.1) is 11.8 Å². The van der Waals surface area contributed by atoms with Gasteiger partial charge in [0.05, 0.1) is 16.7 Å². The van der Waals surface area contributed by atoms with E-state index in [4.69, 9.17) is 4.42 Å². The van der Waals surface area contributed by atoms with Crippen molar-refractivity contribution in [2.24, 2.45) is 11.8 Å². The van der Waals surface area contributed by atoms with Crippen molar-refractivity contribution in [3.63, 3.8) is 0 Å². The Balaban J connectivity index is 0.966. The van der Waals surface area contributed by atoms with E-state index in [1.807, 2.05) is 6.07 Å². The van der Waals surface area contributed by atoms with Crippen LogP contribution in [0.15, 0.2) is 205 Å². The second-order valence-corrected chi connectivity index (χ2v) is 19.1. The highest BCUT2D eigenvalue weighted by Crippen LogP contribution is 2.47. The number of benzene rings is 9. The van der Waals surface area contributed by atoms with E-state index < -0.39 is 0 Å². The molecule has 11 aromatic rings. The van der Waals surface area contributed by atoms with Crippen LogP contribution in [0.3, 0.4) is 0 Å². The SMILES string of the molecule is CCC1(c2ccc(N(c3ccc(-c4ccccc4-n4c5ccccc5c5ccc6ccccc6c54)cc3)c3ccc(-c4cccc5c4oc4ccccc45)cc3)cc2)C[C@@H](C)CC[C@H](C)C1. The Labute approximate surface area is 387 Å². The molecule has 66 heavy (non-hydrogen) atoms. The summed E-state index contributed by atoms with van der Waals surface area (Å²) in [6.07, 6.45) is 6.32. The molecule has 0 radical (unpaired) electrons. The van der Waals surface area contributed by atoms with Crippen molar-refractivity contribution < 1.29 is 4.42 Å². The molecule has 1 aliphatic carbocycles. The average molecular weight is 855 g/mol. The fraction of sp³-hybridized carbons (Fsp3) is 0.175. The minimum Gasteiger partial charge on any atom is -0.455 e. The highest BCUT2D eigenvalue weighted by atomic mass is 16.3. The third-order valence-electron chi connectivity index (χ3n) is 15.0. The first-order chi connectivity index (χ1) is 32.5. The third kappa shape index (κ3) is 6.71. The Bertz CT molecular complexity index is 3540. The molecule has 1 fully saturated rings. The van der Waals surface area contributed by atoms with Crippen LogP contribution in [0.4, 0.5) is 17.1 Å². The molecule has 1 aliphatic rings. The molecule has 2 heterocycles. The zero-order valence-corrected chi connectivity index (χ0v) is 38.0. The molecular weight excluding hydrogens is 801 g/mol. The van der Waals surface area contributed by atoms with E-state index in [9.17, 15) is 0 Å². The summed E-state index contributed by atoms with van der Waals surface area (Å²) in [6, 6.07) is 73.7. The van der Waals surface area contributed by atoms with Gasteiger partial charge >= 0.3 is 0 Å². The number of anilines is 3. The maximum absolute atomic E-state index is 6.48. The van der Waals surface area contributed by atoms with Crippen LogP contribution in [0.25, 0.3) is 82.5 Å². The van der Waals surface area contributed by atoms with Gasteiger partial charge in [-0.25, -0.2) is 0 Å². The molecule has 0 bridgehead atoms. The summed E-state index contributed by atoms with van der Waals surface area (Å²) < 4.78 is 8.97. The zero-order chi connectivity index (χ0) is 44.4. The highest BCUT2D eigenvalue weighted by molar-refractivity contribution is 6.19. The summed E-state index contributed by atoms with van der Waals surface area (Å²) >= 11 is 0. The molecule has 12 rings (SSSR count). The lowest BCUT2D eigenvalue weighted by molar-refractivity contribution is 0.295. The lowest BCUT2D eigenvalue weighted by Crippen LogP contribution is -2.28. The Morgan fingerprint density at radius 2 is 1.06 bits per heavy atom. The Hall–Kier alpha value is -7.36. The van der Waals surface area contributed by atoms with E-state index in [-0.39, 0.29) is 5.41 Å². The smallest absolute Gasteiger partial charge is 0.143 e. The van der Waals surface area contributed by atoms with Crippen LogP contribution in [0.5, 0.6) is 0 Å². The average Bonchev–Trinajstić information content (AvgIpc) is 3.88. The number of rotatable bonds is 8. The van der Waals surface area contributed by atoms with Crippen LogP contribution in [0.2, 0.25) is 0 Å². The maximum Gasteiger partial charge on any atom is 0.143 e. The van der Waals surface area contributed by atoms with Crippen LogP contribution < -0.4 is 4.90 Å². The van der Waals surface area contributed by atoms with Crippen molar-refractivity contribution in [2.45, 2.75) is 58.3 Å². The van der Waals surface area contributed by atoms with E-state index in [1.54, 1.807) is 0 Å². The van der Waals surface area contributed by atoms with Gasteiger partial charge in [-0.1, -0.05) is 179 Å². The summed E-state index contributed by atoms with van der Waals surface area (Å²) in [5, 5.41) is 7.32. The van der Waals surface area contributed by atoms with E-state index >= 15 is 0 Å². The second-order valence-electron chi connectivity index (χ2n) is 19.1. The Kier molecular flexibility index (Phi) is 9.90. The number of furan rings is 1. The van der Waals surface area contributed by atoms with Crippen LogP contribution in [-0.2, 0) is 5.41 Å². The van der Waals surface area contributed by atoms with Gasteiger partial charge in [0.2, 0.25) is 0 Å². The van der Waals surface area contributed by atoms with E-state index in [0.717, 1.165) is 68.4 Å². The van der Waals surface area contributed by atoms with Crippen LogP contribution in [-0.4, -0.2) is 4.57 Å². The van der Waals surface area contributed by atoms with Gasteiger partial charge in [-0.05, 0) is 113 Å². The monoisotopic (exact) mass is 854 g/mol. The quantitative estimate of drug-likeness (QED) is 0.142. The molecule has 3 nitrogen and oxygen atoms in total. The van der Waals surface area contributed by atoms with Crippen molar-refractivity contribution >= 4 is 71.6 Å². The van der Waals surface area contributed by atoms with Crippen LogP contribution in [0.1, 0.15) is 58.4 Å². The summed E-state index contributed by atoms with van der Waals surface area (Å²) in [5.41, 5.74) is 15.1. The molecule has 1 saturated carbocycles. The number of fused-ring (bicyclic) bond motifs is 8. The third-order valence-corrected chi connectivity index (χ3v) is 15.0. The molecule has 0 spiro atoms. The largest absolute Gasteiger partial charge is 0.455 e. The number of hydrogen-bond donors (Lipinski definition) is 0. The second kappa shape index (κ2) is 16.3. The molecule has 2 aromatic heterocycles. The summed E-state index contributed by atoms with van der Waals surface area (Å²) in [6.45, 7) is 7.33. The number of nitrogens with zero attached hydrogens (tertiary/aromatic N) is 2. The molecule has 2 atom stereocenters. The van der Waals surface area contributed by atoms with Gasteiger partial charge in [-0.3, -0.25) is 0 Å². The number of para-hydroxylation sites is 4. The summed E-state index contributed by atoms with van der Waals surface area (Å²) in [5.74, 6) is 1.46. The Morgan fingerprint density at radius 3 is 1.77 bits per heavy atom. The predicted molar refractivity (Wildman–Crippen MR) is 280 cm³/mol. The first-order valence-electron chi connectivity index (χ1n) is 24.0. The fourth-order valence-corrected chi connectivity index (χ4v) is 11.8. The topological polar surface area (TPSA) is 21.3 Å². The highest BCUT2D eigenvalue weighted by Gasteiger charge is 2.36. The Morgan fingerprint density at radius 1 is 0.500 bits per heavy atom. The lowest BCUT2D eigenvalue weighted by Gasteiger charge is -2.36. The normalized spacial score (nSPS) is 16.3. The van der Waals surface area contributed by atoms with Gasteiger partial charge in [0.1, 0.15) is 11.2 Å². The minimum absolute atomic E-state index is 0.204. The van der Waals surface area contributed by atoms with Crippen molar-refractivity contribution in [1.82, 2.24) is 4.57 Å². The molecule has 0 amide bonds. The zero-order valence-electron chi connectivity index (χ0n) is 38.0. The minimum atomic E-state index is 0.204. The van der Waals surface area contributed by atoms with Gasteiger partial charge < -0.3 is 13.9 Å². The molecule has 322 valence electrons.